The molecule has 6 heteroatoms. The molecule has 1 aromatic carbocycles. The Morgan fingerprint density at radius 3 is 2.66 bits per heavy atom. The molecule has 1 fully saturated rings. The molecule has 2 aromatic rings. The Morgan fingerprint density at radius 2 is 1.97 bits per heavy atom. The van der Waals surface area contributed by atoms with Gasteiger partial charge in [-0.05, 0) is 57.6 Å². The van der Waals surface area contributed by atoms with Gasteiger partial charge in [-0.25, -0.2) is 4.39 Å². The largest absolute Gasteiger partial charge is 0.347 e. The second-order valence-electron chi connectivity index (χ2n) is 8.39. The lowest BCUT2D eigenvalue weighted by atomic mass is 9.96. The molecule has 1 atom stereocenters. The number of hydrogen-bond acceptors (Lipinski definition) is 3. The van der Waals surface area contributed by atoms with E-state index in [9.17, 15) is 9.18 Å². The molecule has 0 radical (unpaired) electrons. The number of nitrogens with zero attached hydrogens (tertiary/aromatic N) is 4. The molecule has 0 N–H and O–H groups in total. The normalized spacial score (nSPS) is 17.6. The lowest BCUT2D eigenvalue weighted by Crippen LogP contribution is -2.45. The Morgan fingerprint density at radius 1 is 1.17 bits per heavy atom. The molecule has 0 saturated carbocycles. The maximum atomic E-state index is 14.0. The van der Waals surface area contributed by atoms with E-state index in [1.54, 1.807) is 6.07 Å². The number of hydrogen-bond donors (Lipinski definition) is 0. The van der Waals surface area contributed by atoms with Crippen LogP contribution in [-0.2, 0) is 13.6 Å². The van der Waals surface area contributed by atoms with Crippen molar-refractivity contribution in [2.75, 3.05) is 46.8 Å². The average molecular weight is 401 g/mol. The first kappa shape index (κ1) is 21.5. The van der Waals surface area contributed by atoms with Crippen LogP contribution in [-0.4, -0.2) is 72.0 Å². The van der Waals surface area contributed by atoms with Crippen molar-refractivity contribution in [2.24, 2.45) is 13.0 Å². The van der Waals surface area contributed by atoms with Crippen molar-refractivity contribution in [3.63, 3.8) is 0 Å². The Balaban J connectivity index is 1.65. The van der Waals surface area contributed by atoms with Gasteiger partial charge in [0.1, 0.15) is 11.5 Å². The number of aryl methyl sites for hydroxylation is 1. The van der Waals surface area contributed by atoms with Crippen LogP contribution in [0.3, 0.4) is 0 Å². The van der Waals surface area contributed by atoms with Gasteiger partial charge in [0.25, 0.3) is 5.91 Å². The van der Waals surface area contributed by atoms with Crippen LogP contribution in [0.1, 0.15) is 28.9 Å². The van der Waals surface area contributed by atoms with Gasteiger partial charge in [-0.2, -0.15) is 0 Å². The molecule has 3 rings (SSSR count). The zero-order valence-corrected chi connectivity index (χ0v) is 17.9. The molecule has 29 heavy (non-hydrogen) atoms. The summed E-state index contributed by atoms with van der Waals surface area (Å²) in [5.41, 5.74) is 1.47. The number of piperidine rings is 1. The van der Waals surface area contributed by atoms with Crippen LogP contribution in [0.4, 0.5) is 4.39 Å². The predicted molar refractivity (Wildman–Crippen MR) is 114 cm³/mol. The molecule has 0 bridgehead atoms. The summed E-state index contributed by atoms with van der Waals surface area (Å²) >= 11 is 0. The van der Waals surface area contributed by atoms with Gasteiger partial charge in [-0.3, -0.25) is 9.69 Å². The summed E-state index contributed by atoms with van der Waals surface area (Å²) < 4.78 is 15.9. The summed E-state index contributed by atoms with van der Waals surface area (Å²) in [6, 6.07) is 10.8. The van der Waals surface area contributed by atoms with Crippen molar-refractivity contribution < 1.29 is 9.18 Å². The van der Waals surface area contributed by atoms with Crippen LogP contribution in [0.5, 0.6) is 0 Å². The van der Waals surface area contributed by atoms with E-state index < -0.39 is 0 Å². The Bertz CT molecular complexity index is 804. The van der Waals surface area contributed by atoms with Crippen LogP contribution >= 0.6 is 0 Å². The Labute approximate surface area is 173 Å². The third kappa shape index (κ3) is 5.90. The predicted octanol–water partition coefficient (Wildman–Crippen LogP) is 3.08. The summed E-state index contributed by atoms with van der Waals surface area (Å²) in [7, 11) is 5.97. The van der Waals surface area contributed by atoms with E-state index in [1.165, 1.54) is 6.07 Å². The maximum Gasteiger partial charge on any atom is 0.270 e. The van der Waals surface area contributed by atoms with Crippen LogP contribution in [0, 0.1) is 11.7 Å². The third-order valence-electron chi connectivity index (χ3n) is 5.70. The van der Waals surface area contributed by atoms with Gasteiger partial charge in [-0.15, -0.1) is 0 Å². The molecule has 5 nitrogen and oxygen atoms in total. The van der Waals surface area contributed by atoms with Gasteiger partial charge in [0.15, 0.2) is 0 Å². The van der Waals surface area contributed by atoms with Gasteiger partial charge in [0.05, 0.1) is 0 Å². The van der Waals surface area contributed by atoms with E-state index in [-0.39, 0.29) is 11.7 Å². The zero-order valence-electron chi connectivity index (χ0n) is 17.9. The number of carbonyl (C=O) groups is 1. The molecular weight excluding hydrogens is 367 g/mol. The maximum absolute atomic E-state index is 14.0. The van der Waals surface area contributed by atoms with Gasteiger partial charge >= 0.3 is 0 Å². The monoisotopic (exact) mass is 400 g/mol. The van der Waals surface area contributed by atoms with E-state index in [0.717, 1.165) is 50.3 Å². The van der Waals surface area contributed by atoms with E-state index in [1.807, 2.05) is 61.1 Å². The number of carbonyl (C=O) groups excluding carboxylic acids is 1. The minimum absolute atomic E-state index is 0.0885. The molecule has 1 saturated heterocycles. The van der Waals surface area contributed by atoms with E-state index in [0.29, 0.717) is 19.0 Å². The average Bonchev–Trinajstić information content (AvgIpc) is 3.12. The molecule has 158 valence electrons. The first-order valence-electron chi connectivity index (χ1n) is 10.4. The molecule has 1 aliphatic rings. The van der Waals surface area contributed by atoms with Crippen molar-refractivity contribution in [1.82, 2.24) is 19.3 Å². The van der Waals surface area contributed by atoms with Crippen molar-refractivity contribution in [2.45, 2.75) is 19.4 Å². The fourth-order valence-electron chi connectivity index (χ4n) is 4.06. The van der Waals surface area contributed by atoms with E-state index in [2.05, 4.69) is 9.80 Å². The summed E-state index contributed by atoms with van der Waals surface area (Å²) in [6.07, 6.45) is 4.10. The van der Waals surface area contributed by atoms with E-state index in [4.69, 9.17) is 0 Å². The highest BCUT2D eigenvalue weighted by atomic mass is 19.1. The van der Waals surface area contributed by atoms with Crippen molar-refractivity contribution in [3.05, 3.63) is 59.7 Å². The topological polar surface area (TPSA) is 31.7 Å². The number of amides is 1. The molecule has 1 amide bonds. The molecular formula is C23H33FN4O. The Kier molecular flexibility index (Phi) is 7.45. The zero-order chi connectivity index (χ0) is 20.8. The van der Waals surface area contributed by atoms with Crippen LogP contribution in [0.2, 0.25) is 0 Å². The fourth-order valence-corrected chi connectivity index (χ4v) is 4.06. The highest BCUT2D eigenvalue weighted by molar-refractivity contribution is 5.92. The minimum Gasteiger partial charge on any atom is -0.347 e. The number of halogens is 1. The van der Waals surface area contributed by atoms with Crippen molar-refractivity contribution >= 4 is 5.91 Å². The lowest BCUT2D eigenvalue weighted by Gasteiger charge is -2.36. The smallest absolute Gasteiger partial charge is 0.270 e. The fraction of sp³-hybridized carbons (Fsp3) is 0.522. The second kappa shape index (κ2) is 10.0. The van der Waals surface area contributed by atoms with Gasteiger partial charge in [-0.1, -0.05) is 18.2 Å². The molecule has 1 aromatic heterocycles. The lowest BCUT2D eigenvalue weighted by molar-refractivity contribution is 0.0651. The van der Waals surface area contributed by atoms with Crippen molar-refractivity contribution in [3.8, 4) is 0 Å². The number of likely N-dealkylation sites (N-methyl/N-ethyl adjacent to an activating group) is 1. The molecule has 1 aliphatic heterocycles. The SMILES string of the molecule is CN(C)CCN(C[C@H]1CCCN(Cc2ccccc2F)C1)C(=O)c1cccn1C. The van der Waals surface area contributed by atoms with Crippen molar-refractivity contribution in [1.29, 1.82) is 0 Å². The third-order valence-corrected chi connectivity index (χ3v) is 5.70. The summed E-state index contributed by atoms with van der Waals surface area (Å²) in [4.78, 5) is 19.6. The second-order valence-corrected chi connectivity index (χ2v) is 8.39. The van der Waals surface area contributed by atoms with Gasteiger partial charge < -0.3 is 14.4 Å². The summed E-state index contributed by atoms with van der Waals surface area (Å²) in [5.74, 6) is 0.355. The van der Waals surface area contributed by atoms with Crippen LogP contribution in [0.25, 0.3) is 0 Å². The summed E-state index contributed by atoms with van der Waals surface area (Å²) in [5, 5.41) is 0. The number of rotatable bonds is 8. The highest BCUT2D eigenvalue weighted by Crippen LogP contribution is 2.21. The first-order valence-corrected chi connectivity index (χ1v) is 10.4. The number of aromatic nitrogens is 1. The standard InChI is InChI=1S/C23H33FN4O/c1-25(2)14-15-28(23(29)22-11-7-12-26(22)3)17-19-8-6-13-27(16-19)18-20-9-4-5-10-21(20)24/h4-5,7,9-12,19H,6,8,13-18H2,1-3H3/t19-/m0/s1. The number of benzene rings is 1. The van der Waals surface area contributed by atoms with E-state index >= 15 is 0 Å². The minimum atomic E-state index is -0.138. The molecule has 0 aliphatic carbocycles. The first-order chi connectivity index (χ1) is 13.9. The van der Waals surface area contributed by atoms with Gasteiger partial charge in [0, 0.05) is 51.5 Å². The number of likely N-dealkylation sites (tertiary alicyclic amines) is 1. The highest BCUT2D eigenvalue weighted by Gasteiger charge is 2.26. The molecule has 0 unspecified atom stereocenters. The summed E-state index contributed by atoms with van der Waals surface area (Å²) in [6.45, 7) is 4.79. The molecule has 0 spiro atoms. The Hall–Kier alpha value is -2.18. The van der Waals surface area contributed by atoms with Gasteiger partial charge in [0.2, 0.25) is 0 Å². The van der Waals surface area contributed by atoms with Crippen LogP contribution < -0.4 is 0 Å². The molecule has 2 heterocycles. The van der Waals surface area contributed by atoms with Crippen LogP contribution in [0.15, 0.2) is 42.6 Å². The quantitative estimate of drug-likeness (QED) is 0.683.